The summed E-state index contributed by atoms with van der Waals surface area (Å²) in [4.78, 5) is 0. The predicted molar refractivity (Wildman–Crippen MR) is 151 cm³/mol. The van der Waals surface area contributed by atoms with Crippen LogP contribution in [0.4, 0.5) is 0 Å². The Morgan fingerprint density at radius 2 is 1.27 bits per heavy atom. The van der Waals surface area contributed by atoms with Crippen molar-refractivity contribution in [3.63, 3.8) is 0 Å². The van der Waals surface area contributed by atoms with Gasteiger partial charge < -0.3 is 0 Å². The summed E-state index contributed by atoms with van der Waals surface area (Å²) >= 11 is 3.90. The van der Waals surface area contributed by atoms with Crippen molar-refractivity contribution in [2.75, 3.05) is 6.54 Å². The molecular formula is C28H31NP2S2. The predicted octanol–water partition coefficient (Wildman–Crippen LogP) is 8.93. The minimum Gasteiger partial charge on any atom is -0.250 e. The summed E-state index contributed by atoms with van der Waals surface area (Å²) in [7, 11) is -0.871. The number of benzene rings is 2. The van der Waals surface area contributed by atoms with Gasteiger partial charge in [-0.25, -0.2) is 0 Å². The zero-order valence-electron chi connectivity index (χ0n) is 19.1. The average molecular weight is 508 g/mol. The first-order chi connectivity index (χ1) is 16.4. The van der Waals surface area contributed by atoms with Gasteiger partial charge in [-0.05, 0) is 61.4 Å². The van der Waals surface area contributed by atoms with Crippen molar-refractivity contribution in [3.8, 4) is 0 Å². The van der Waals surface area contributed by atoms with E-state index in [1.807, 2.05) is 22.7 Å². The van der Waals surface area contributed by atoms with Crippen molar-refractivity contribution in [2.24, 2.45) is 0 Å². The first-order valence-corrected chi connectivity index (χ1v) is 16.4. The van der Waals surface area contributed by atoms with Crippen LogP contribution in [0.5, 0.6) is 0 Å². The van der Waals surface area contributed by atoms with Crippen LogP contribution >= 0.6 is 38.8 Å². The van der Waals surface area contributed by atoms with Crippen molar-refractivity contribution in [3.05, 3.63) is 107 Å². The topological polar surface area (TPSA) is 3.24 Å². The first kappa shape index (κ1) is 23.4. The van der Waals surface area contributed by atoms with Crippen LogP contribution < -0.4 is 9.24 Å². The van der Waals surface area contributed by atoms with Crippen molar-refractivity contribution < 1.29 is 0 Å². The molecule has 33 heavy (non-hydrogen) atoms. The van der Waals surface area contributed by atoms with Crippen LogP contribution in [0.1, 0.15) is 55.1 Å². The Labute approximate surface area is 209 Å². The van der Waals surface area contributed by atoms with E-state index >= 15 is 0 Å². The molecule has 4 aromatic rings. The molecule has 1 aliphatic rings. The maximum Gasteiger partial charge on any atom is 0.0526 e. The summed E-state index contributed by atoms with van der Waals surface area (Å²) in [5.41, 5.74) is 4.34. The molecule has 2 aromatic carbocycles. The highest BCUT2D eigenvalue weighted by Gasteiger charge is 2.44. The summed E-state index contributed by atoms with van der Waals surface area (Å²) in [5, 5.41) is 4.53. The van der Waals surface area contributed by atoms with Gasteiger partial charge in [0.05, 0.1) is 8.07 Å². The van der Waals surface area contributed by atoms with Crippen molar-refractivity contribution in [1.82, 2.24) is 4.44 Å². The second-order valence-electron chi connectivity index (χ2n) is 8.47. The van der Waals surface area contributed by atoms with Crippen LogP contribution in [0.25, 0.3) is 0 Å². The van der Waals surface area contributed by atoms with E-state index < -0.39 is 8.07 Å². The van der Waals surface area contributed by atoms with E-state index in [1.54, 1.807) is 9.24 Å². The zero-order chi connectivity index (χ0) is 22.5. The number of unbranched alkanes of at least 4 members (excludes halogenated alkanes) is 1. The molecule has 0 radical (unpaired) electrons. The number of hydrogen-bond donors (Lipinski definition) is 0. The standard InChI is InChI=1S/C28H31NP2S2/c1-2-3-20-29(31(27-16-10-21-32-27)28-17-11-22-33-28)30-25(23-12-6-4-7-13-23)18-19-26(30)24-14-8-5-9-15-24/h4-17,21-22,25-26H,2-3,18-20H2,1H3/t25-,26-/m0/s1. The number of hydrogen-bond acceptors (Lipinski definition) is 3. The summed E-state index contributed by atoms with van der Waals surface area (Å²) < 4.78 is 6.13. The van der Waals surface area contributed by atoms with Gasteiger partial charge in [0.25, 0.3) is 0 Å². The minimum atomic E-state index is -0.498. The normalized spacial score (nSPS) is 19.0. The third kappa shape index (κ3) is 5.19. The third-order valence-corrected chi connectivity index (χ3v) is 15.4. The summed E-state index contributed by atoms with van der Waals surface area (Å²) in [6.45, 7) is 3.53. The third-order valence-electron chi connectivity index (χ3n) is 6.36. The SMILES string of the molecule is CCCCN(P(c1cccs1)c1cccs1)P1[C@H](c2ccccc2)CC[C@H]1c1ccccc1. The Kier molecular flexibility index (Phi) is 8.08. The van der Waals surface area contributed by atoms with Gasteiger partial charge in [-0.1, -0.05) is 86.1 Å². The molecule has 0 bridgehead atoms. The second kappa shape index (κ2) is 11.4. The molecule has 5 rings (SSSR count). The molecular weight excluding hydrogens is 476 g/mol. The fourth-order valence-corrected chi connectivity index (χ4v) is 15.5. The van der Waals surface area contributed by atoms with E-state index in [9.17, 15) is 0 Å². The second-order valence-corrected chi connectivity index (χ2v) is 15.8. The van der Waals surface area contributed by atoms with Crippen LogP contribution in [0.3, 0.4) is 0 Å². The monoisotopic (exact) mass is 507 g/mol. The van der Waals surface area contributed by atoms with E-state index in [1.165, 1.54) is 43.4 Å². The van der Waals surface area contributed by atoms with Gasteiger partial charge in [-0.15, -0.1) is 22.7 Å². The maximum absolute atomic E-state index is 3.02. The van der Waals surface area contributed by atoms with Gasteiger partial charge in [0, 0.05) is 27.1 Å². The molecule has 0 aliphatic carbocycles. The van der Waals surface area contributed by atoms with Gasteiger partial charge in [-0.3, -0.25) is 4.44 Å². The summed E-state index contributed by atoms with van der Waals surface area (Å²) in [6, 6.07) is 32.0. The Morgan fingerprint density at radius 3 is 1.70 bits per heavy atom. The number of thiophene rings is 2. The summed E-state index contributed by atoms with van der Waals surface area (Å²) in [6.07, 6.45) is 5.08. The largest absolute Gasteiger partial charge is 0.250 e. The Bertz CT molecular complexity index is 1000. The van der Waals surface area contributed by atoms with Crippen molar-refractivity contribution >= 4 is 48.1 Å². The van der Waals surface area contributed by atoms with Crippen LogP contribution in [-0.2, 0) is 0 Å². The van der Waals surface area contributed by atoms with Gasteiger partial charge in [0.1, 0.15) is 0 Å². The molecule has 170 valence electrons. The number of nitrogens with zero attached hydrogens (tertiary/aromatic N) is 1. The lowest BCUT2D eigenvalue weighted by Gasteiger charge is -2.41. The Hall–Kier alpha value is -1.34. The lowest BCUT2D eigenvalue weighted by molar-refractivity contribution is 0.632. The lowest BCUT2D eigenvalue weighted by Crippen LogP contribution is -2.25. The first-order valence-electron chi connectivity index (χ1n) is 11.9. The maximum atomic E-state index is 3.02. The fraction of sp³-hybridized carbons (Fsp3) is 0.286. The van der Waals surface area contributed by atoms with Crippen LogP contribution in [0.15, 0.2) is 95.7 Å². The molecule has 5 heteroatoms. The van der Waals surface area contributed by atoms with Crippen LogP contribution in [0, 0.1) is 0 Å². The van der Waals surface area contributed by atoms with Gasteiger partial charge in [0.15, 0.2) is 0 Å². The average Bonchev–Trinajstić information content (AvgIpc) is 3.65. The van der Waals surface area contributed by atoms with E-state index in [2.05, 4.69) is 107 Å². The molecule has 3 heterocycles. The van der Waals surface area contributed by atoms with Gasteiger partial charge in [-0.2, -0.15) is 0 Å². The highest BCUT2D eigenvalue weighted by molar-refractivity contribution is 7.85. The van der Waals surface area contributed by atoms with E-state index in [-0.39, 0.29) is 8.07 Å². The molecule has 1 aliphatic heterocycles. The van der Waals surface area contributed by atoms with E-state index in [0.717, 1.165) is 0 Å². The highest BCUT2D eigenvalue weighted by atomic mass is 32.1. The molecule has 2 atom stereocenters. The van der Waals surface area contributed by atoms with Gasteiger partial charge >= 0.3 is 0 Å². The lowest BCUT2D eigenvalue weighted by atomic mass is 10.0. The molecule has 1 nitrogen and oxygen atoms in total. The molecule has 1 saturated heterocycles. The molecule has 0 N–H and O–H groups in total. The van der Waals surface area contributed by atoms with Crippen molar-refractivity contribution in [1.29, 1.82) is 0 Å². The van der Waals surface area contributed by atoms with Gasteiger partial charge in [0.2, 0.25) is 0 Å². The minimum absolute atomic E-state index is 0.373. The molecule has 1 fully saturated rings. The molecule has 2 aromatic heterocycles. The summed E-state index contributed by atoms with van der Waals surface area (Å²) in [5.74, 6) is 0. The fourth-order valence-electron chi connectivity index (χ4n) is 4.84. The quantitative estimate of drug-likeness (QED) is 0.204. The Morgan fingerprint density at radius 1 is 0.758 bits per heavy atom. The smallest absolute Gasteiger partial charge is 0.0526 e. The van der Waals surface area contributed by atoms with Crippen molar-refractivity contribution in [2.45, 2.75) is 43.9 Å². The molecule has 0 unspecified atom stereocenters. The molecule has 0 spiro atoms. The van der Waals surface area contributed by atoms with Crippen LogP contribution in [-0.4, -0.2) is 11.0 Å². The van der Waals surface area contributed by atoms with E-state index in [4.69, 9.17) is 0 Å². The van der Waals surface area contributed by atoms with Crippen LogP contribution in [0.2, 0.25) is 0 Å². The zero-order valence-corrected chi connectivity index (χ0v) is 22.5. The van der Waals surface area contributed by atoms with E-state index in [0.29, 0.717) is 11.3 Å². The molecule has 0 amide bonds. The molecule has 0 saturated carbocycles. The Balaban J connectivity index is 1.63. The highest BCUT2D eigenvalue weighted by Crippen LogP contribution is 2.76. The number of rotatable bonds is 9.